The third-order valence-corrected chi connectivity index (χ3v) is 4.63. The van der Waals surface area contributed by atoms with E-state index < -0.39 is 0 Å². The first-order valence-corrected chi connectivity index (χ1v) is 7.51. The number of aryl methyl sites for hydroxylation is 1. The zero-order valence-corrected chi connectivity index (χ0v) is 11.7. The van der Waals surface area contributed by atoms with Crippen molar-refractivity contribution in [1.29, 1.82) is 0 Å². The van der Waals surface area contributed by atoms with E-state index in [0.717, 1.165) is 31.8 Å². The summed E-state index contributed by atoms with van der Waals surface area (Å²) in [7, 11) is 0. The smallest absolute Gasteiger partial charge is 0.0469 e. The van der Waals surface area contributed by atoms with Crippen LogP contribution in [0, 0.1) is 12.8 Å². The number of thioether (sulfide) groups is 1. The summed E-state index contributed by atoms with van der Waals surface area (Å²) in [5.41, 5.74) is 4.28. The number of benzene rings is 1. The van der Waals surface area contributed by atoms with Crippen LogP contribution in [0.3, 0.4) is 0 Å². The highest BCUT2D eigenvalue weighted by Crippen LogP contribution is 2.25. The molecule has 2 rings (SSSR count). The summed E-state index contributed by atoms with van der Waals surface area (Å²) in [6, 6.07) is 9.04. The van der Waals surface area contributed by atoms with Crippen LogP contribution in [0.15, 0.2) is 29.2 Å². The predicted molar refractivity (Wildman–Crippen MR) is 76.6 cm³/mol. The number of rotatable bonds is 5. The van der Waals surface area contributed by atoms with Gasteiger partial charge in [0.05, 0.1) is 0 Å². The monoisotopic (exact) mass is 266 g/mol. The van der Waals surface area contributed by atoms with E-state index >= 15 is 0 Å². The second-order valence-corrected chi connectivity index (χ2v) is 5.94. The lowest BCUT2D eigenvalue weighted by Gasteiger charge is -2.29. The van der Waals surface area contributed by atoms with Gasteiger partial charge in [-0.1, -0.05) is 17.7 Å². The van der Waals surface area contributed by atoms with Gasteiger partial charge in [-0.3, -0.25) is 11.3 Å². The molecule has 1 heterocycles. The summed E-state index contributed by atoms with van der Waals surface area (Å²) in [6.45, 7) is 3.86. The van der Waals surface area contributed by atoms with Crippen molar-refractivity contribution in [3.63, 3.8) is 0 Å². The Balaban J connectivity index is 1.84. The molecule has 0 spiro atoms. The maximum absolute atomic E-state index is 5.69. The Labute approximate surface area is 113 Å². The van der Waals surface area contributed by atoms with Crippen LogP contribution in [0.25, 0.3) is 0 Å². The molecular weight excluding hydrogens is 244 g/mol. The molecule has 1 atom stereocenters. The van der Waals surface area contributed by atoms with Gasteiger partial charge in [0.25, 0.3) is 0 Å². The first-order valence-electron chi connectivity index (χ1n) is 6.53. The number of hydrogen-bond acceptors (Lipinski definition) is 4. The van der Waals surface area contributed by atoms with Gasteiger partial charge < -0.3 is 4.74 Å². The summed E-state index contributed by atoms with van der Waals surface area (Å²) < 4.78 is 5.39. The molecule has 1 unspecified atom stereocenters. The molecular formula is C14H22N2OS. The zero-order chi connectivity index (χ0) is 12.8. The Hall–Kier alpha value is -0.550. The van der Waals surface area contributed by atoms with Gasteiger partial charge in [0.1, 0.15) is 0 Å². The Morgan fingerprint density at radius 2 is 2.00 bits per heavy atom. The Morgan fingerprint density at radius 1 is 1.33 bits per heavy atom. The molecule has 4 heteroatoms. The van der Waals surface area contributed by atoms with Crippen molar-refractivity contribution in [2.45, 2.75) is 30.7 Å². The SMILES string of the molecule is Cc1ccc(SCC(NN)C2CCOCC2)cc1. The second-order valence-electron chi connectivity index (χ2n) is 4.85. The topological polar surface area (TPSA) is 47.3 Å². The number of nitrogens with two attached hydrogens (primary N) is 1. The van der Waals surface area contributed by atoms with Gasteiger partial charge in [-0.2, -0.15) is 0 Å². The normalized spacial score (nSPS) is 18.8. The number of hydrogen-bond donors (Lipinski definition) is 2. The van der Waals surface area contributed by atoms with E-state index in [9.17, 15) is 0 Å². The molecule has 1 fully saturated rings. The van der Waals surface area contributed by atoms with E-state index in [1.165, 1.54) is 10.5 Å². The lowest BCUT2D eigenvalue weighted by molar-refractivity contribution is 0.0566. The lowest BCUT2D eigenvalue weighted by Crippen LogP contribution is -2.44. The molecule has 0 bridgehead atoms. The molecule has 1 aliphatic rings. The van der Waals surface area contributed by atoms with Crippen molar-refractivity contribution in [1.82, 2.24) is 5.43 Å². The molecule has 3 N–H and O–H groups in total. The average Bonchev–Trinajstić information content (AvgIpc) is 2.43. The second kappa shape index (κ2) is 7.14. The summed E-state index contributed by atoms with van der Waals surface area (Å²) in [5.74, 6) is 7.35. The number of ether oxygens (including phenoxy) is 1. The van der Waals surface area contributed by atoms with Crippen LogP contribution < -0.4 is 11.3 Å². The minimum Gasteiger partial charge on any atom is -0.381 e. The van der Waals surface area contributed by atoms with Crippen molar-refractivity contribution < 1.29 is 4.74 Å². The summed E-state index contributed by atoms with van der Waals surface area (Å²) in [4.78, 5) is 1.31. The third-order valence-electron chi connectivity index (χ3n) is 3.50. The van der Waals surface area contributed by atoms with Crippen LogP contribution in [-0.4, -0.2) is 25.0 Å². The van der Waals surface area contributed by atoms with Crippen LogP contribution in [0.5, 0.6) is 0 Å². The van der Waals surface area contributed by atoms with Crippen molar-refractivity contribution >= 4 is 11.8 Å². The molecule has 1 aromatic rings. The van der Waals surface area contributed by atoms with Gasteiger partial charge in [0.15, 0.2) is 0 Å². The minimum atomic E-state index is 0.375. The van der Waals surface area contributed by atoms with E-state index in [-0.39, 0.29) is 0 Å². The molecule has 100 valence electrons. The van der Waals surface area contributed by atoms with Gasteiger partial charge in [0, 0.05) is 29.9 Å². The van der Waals surface area contributed by atoms with E-state index in [0.29, 0.717) is 12.0 Å². The Morgan fingerprint density at radius 3 is 2.61 bits per heavy atom. The van der Waals surface area contributed by atoms with Gasteiger partial charge in [0.2, 0.25) is 0 Å². The summed E-state index contributed by atoms with van der Waals surface area (Å²) in [6.07, 6.45) is 2.23. The molecule has 0 aliphatic carbocycles. The van der Waals surface area contributed by atoms with E-state index in [1.54, 1.807) is 0 Å². The van der Waals surface area contributed by atoms with Gasteiger partial charge >= 0.3 is 0 Å². The minimum absolute atomic E-state index is 0.375. The summed E-state index contributed by atoms with van der Waals surface area (Å²) >= 11 is 1.87. The first-order chi connectivity index (χ1) is 8.79. The van der Waals surface area contributed by atoms with Crippen LogP contribution >= 0.6 is 11.8 Å². The van der Waals surface area contributed by atoms with Crippen molar-refractivity contribution in [3.8, 4) is 0 Å². The first kappa shape index (κ1) is 13.9. The largest absolute Gasteiger partial charge is 0.381 e. The van der Waals surface area contributed by atoms with Gasteiger partial charge in [-0.15, -0.1) is 11.8 Å². The maximum atomic E-state index is 5.69. The fourth-order valence-corrected chi connectivity index (χ4v) is 3.33. The maximum Gasteiger partial charge on any atom is 0.0469 e. The third kappa shape index (κ3) is 3.99. The zero-order valence-electron chi connectivity index (χ0n) is 10.9. The Bertz CT molecular complexity index is 349. The van der Waals surface area contributed by atoms with E-state index in [4.69, 9.17) is 10.6 Å². The molecule has 18 heavy (non-hydrogen) atoms. The molecule has 1 aromatic carbocycles. The standard InChI is InChI=1S/C14H22N2OS/c1-11-2-4-13(5-3-11)18-10-14(16-15)12-6-8-17-9-7-12/h2-5,12,14,16H,6-10,15H2,1H3. The van der Waals surface area contributed by atoms with Crippen molar-refractivity contribution in [2.24, 2.45) is 11.8 Å². The summed E-state index contributed by atoms with van der Waals surface area (Å²) in [5, 5.41) is 0. The van der Waals surface area contributed by atoms with Crippen LogP contribution in [0.1, 0.15) is 18.4 Å². The van der Waals surface area contributed by atoms with Crippen LogP contribution in [0.4, 0.5) is 0 Å². The molecule has 1 aliphatic heterocycles. The molecule has 1 saturated heterocycles. The quantitative estimate of drug-likeness (QED) is 0.488. The Kier molecular flexibility index (Phi) is 5.50. The molecule has 0 radical (unpaired) electrons. The number of nitrogens with one attached hydrogen (secondary N) is 1. The van der Waals surface area contributed by atoms with Gasteiger partial charge in [-0.25, -0.2) is 0 Å². The van der Waals surface area contributed by atoms with E-state index in [1.807, 2.05) is 11.8 Å². The van der Waals surface area contributed by atoms with Crippen LogP contribution in [0.2, 0.25) is 0 Å². The fraction of sp³-hybridized carbons (Fsp3) is 0.571. The van der Waals surface area contributed by atoms with Gasteiger partial charge in [-0.05, 0) is 37.8 Å². The molecule has 0 saturated carbocycles. The number of hydrazine groups is 1. The highest BCUT2D eigenvalue weighted by atomic mass is 32.2. The molecule has 0 amide bonds. The predicted octanol–water partition coefficient (Wildman–Crippen LogP) is 2.35. The molecule has 3 nitrogen and oxygen atoms in total. The lowest BCUT2D eigenvalue weighted by atomic mass is 9.93. The van der Waals surface area contributed by atoms with Crippen LogP contribution in [-0.2, 0) is 4.74 Å². The molecule has 0 aromatic heterocycles. The van der Waals surface area contributed by atoms with Crippen molar-refractivity contribution in [2.75, 3.05) is 19.0 Å². The highest BCUT2D eigenvalue weighted by molar-refractivity contribution is 7.99. The fourth-order valence-electron chi connectivity index (χ4n) is 2.26. The van der Waals surface area contributed by atoms with E-state index in [2.05, 4.69) is 36.6 Å². The van der Waals surface area contributed by atoms with Crippen molar-refractivity contribution in [3.05, 3.63) is 29.8 Å². The average molecular weight is 266 g/mol. The highest BCUT2D eigenvalue weighted by Gasteiger charge is 2.23.